The summed E-state index contributed by atoms with van der Waals surface area (Å²) in [6, 6.07) is 12.9. The van der Waals surface area contributed by atoms with Gasteiger partial charge in [-0.2, -0.15) is 0 Å². The predicted molar refractivity (Wildman–Crippen MR) is 132 cm³/mol. The van der Waals surface area contributed by atoms with Crippen LogP contribution in [0.15, 0.2) is 42.5 Å². The maximum atomic E-state index is 13.1. The molecule has 1 aliphatic heterocycles. The molecule has 0 saturated carbocycles. The molecular formula is C25H35N3O4S. The molecule has 1 unspecified atom stereocenters. The van der Waals surface area contributed by atoms with Crippen molar-refractivity contribution in [3.05, 3.63) is 64.7 Å². The van der Waals surface area contributed by atoms with Gasteiger partial charge >= 0.3 is 0 Å². The van der Waals surface area contributed by atoms with E-state index in [1.54, 1.807) is 12.1 Å². The summed E-state index contributed by atoms with van der Waals surface area (Å²) >= 11 is 0. The Hall–Kier alpha value is -2.42. The highest BCUT2D eigenvalue weighted by Gasteiger charge is 2.31. The minimum Gasteiger partial charge on any atom is -0.379 e. The molecule has 1 saturated heterocycles. The third-order valence-corrected chi connectivity index (χ3v) is 6.94. The summed E-state index contributed by atoms with van der Waals surface area (Å²) in [4.78, 5) is 15.5. The van der Waals surface area contributed by atoms with Crippen molar-refractivity contribution in [2.75, 3.05) is 36.9 Å². The second-order valence-electron chi connectivity index (χ2n) is 8.76. The number of ether oxygens (including phenoxy) is 1. The number of carbonyl (C=O) groups is 1. The molecule has 3 rings (SSSR count). The number of aryl methyl sites for hydroxylation is 2. The van der Waals surface area contributed by atoms with Crippen molar-refractivity contribution in [2.45, 2.75) is 46.3 Å². The van der Waals surface area contributed by atoms with Gasteiger partial charge in [0.2, 0.25) is 15.9 Å². The van der Waals surface area contributed by atoms with Crippen molar-refractivity contribution in [2.24, 2.45) is 0 Å². The largest absolute Gasteiger partial charge is 0.379 e. The van der Waals surface area contributed by atoms with Gasteiger partial charge in [-0.25, -0.2) is 8.42 Å². The van der Waals surface area contributed by atoms with E-state index in [4.69, 9.17) is 4.74 Å². The highest BCUT2D eigenvalue weighted by Crippen LogP contribution is 2.25. The first-order valence-corrected chi connectivity index (χ1v) is 13.3. The van der Waals surface area contributed by atoms with E-state index in [0.29, 0.717) is 18.7 Å². The second-order valence-corrected chi connectivity index (χ2v) is 10.6. The van der Waals surface area contributed by atoms with E-state index in [2.05, 4.69) is 22.3 Å². The van der Waals surface area contributed by atoms with Crippen LogP contribution in [0.2, 0.25) is 0 Å². The van der Waals surface area contributed by atoms with Gasteiger partial charge in [0, 0.05) is 26.2 Å². The molecule has 0 aliphatic carbocycles. The highest BCUT2D eigenvalue weighted by molar-refractivity contribution is 7.92. The Morgan fingerprint density at radius 3 is 2.33 bits per heavy atom. The van der Waals surface area contributed by atoms with Gasteiger partial charge in [0.05, 0.1) is 25.2 Å². The molecular weight excluding hydrogens is 438 g/mol. The molecule has 8 heteroatoms. The van der Waals surface area contributed by atoms with Crippen molar-refractivity contribution in [1.82, 2.24) is 10.2 Å². The number of hydrogen-bond donors (Lipinski definition) is 1. The van der Waals surface area contributed by atoms with Gasteiger partial charge in [-0.3, -0.25) is 14.0 Å². The number of carbonyl (C=O) groups excluding carboxylic acids is 1. The molecule has 0 spiro atoms. The van der Waals surface area contributed by atoms with Gasteiger partial charge in [-0.15, -0.1) is 0 Å². The monoisotopic (exact) mass is 473 g/mol. The van der Waals surface area contributed by atoms with Gasteiger partial charge in [0.15, 0.2) is 0 Å². The molecule has 2 aromatic carbocycles. The molecule has 180 valence electrons. The van der Waals surface area contributed by atoms with E-state index in [9.17, 15) is 13.2 Å². The maximum absolute atomic E-state index is 13.1. The van der Waals surface area contributed by atoms with Gasteiger partial charge in [-0.1, -0.05) is 37.3 Å². The van der Waals surface area contributed by atoms with Gasteiger partial charge < -0.3 is 10.1 Å². The Kier molecular flexibility index (Phi) is 8.51. The molecule has 1 fully saturated rings. The molecule has 1 aliphatic rings. The van der Waals surface area contributed by atoms with E-state index in [1.807, 2.05) is 39.0 Å². The molecule has 2 aromatic rings. The third-order valence-electron chi connectivity index (χ3n) is 5.76. The molecule has 1 N–H and O–H groups in total. The number of sulfonamides is 1. The van der Waals surface area contributed by atoms with E-state index in [-0.39, 0.29) is 5.91 Å². The normalized spacial score (nSPS) is 15.8. The number of benzene rings is 2. The first-order valence-electron chi connectivity index (χ1n) is 11.4. The van der Waals surface area contributed by atoms with Crippen LogP contribution in [0.4, 0.5) is 5.69 Å². The molecule has 0 radical (unpaired) electrons. The fraction of sp³-hybridized carbons (Fsp3) is 0.480. The van der Waals surface area contributed by atoms with Crippen LogP contribution in [0.5, 0.6) is 0 Å². The summed E-state index contributed by atoms with van der Waals surface area (Å²) in [5, 5.41) is 2.95. The van der Waals surface area contributed by atoms with Crippen LogP contribution in [0.3, 0.4) is 0 Å². The minimum absolute atomic E-state index is 0.305. The van der Waals surface area contributed by atoms with E-state index < -0.39 is 16.1 Å². The van der Waals surface area contributed by atoms with Crippen LogP contribution >= 0.6 is 0 Å². The highest BCUT2D eigenvalue weighted by atomic mass is 32.2. The number of amides is 1. The Labute approximate surface area is 197 Å². The summed E-state index contributed by atoms with van der Waals surface area (Å²) in [6.45, 7) is 10.2. The number of nitrogens with one attached hydrogen (secondary N) is 1. The minimum atomic E-state index is -3.66. The Morgan fingerprint density at radius 2 is 1.73 bits per heavy atom. The number of morpholine rings is 1. The van der Waals surface area contributed by atoms with Crippen LogP contribution in [-0.2, 0) is 32.6 Å². The summed E-state index contributed by atoms with van der Waals surface area (Å²) < 4.78 is 32.1. The molecule has 33 heavy (non-hydrogen) atoms. The van der Waals surface area contributed by atoms with Crippen molar-refractivity contribution in [1.29, 1.82) is 0 Å². The van der Waals surface area contributed by atoms with Crippen LogP contribution in [0, 0.1) is 13.8 Å². The topological polar surface area (TPSA) is 79.0 Å². The lowest BCUT2D eigenvalue weighted by atomic mass is 10.1. The van der Waals surface area contributed by atoms with Crippen LogP contribution in [0.1, 0.15) is 35.6 Å². The third kappa shape index (κ3) is 7.03. The van der Waals surface area contributed by atoms with Gasteiger partial charge in [0.1, 0.15) is 6.04 Å². The zero-order valence-corrected chi connectivity index (χ0v) is 20.8. The van der Waals surface area contributed by atoms with Crippen LogP contribution in [0.25, 0.3) is 0 Å². The number of anilines is 1. The van der Waals surface area contributed by atoms with Gasteiger partial charge in [-0.05, 0) is 54.7 Å². The van der Waals surface area contributed by atoms with Crippen molar-refractivity contribution in [3.8, 4) is 0 Å². The molecule has 7 nitrogen and oxygen atoms in total. The van der Waals surface area contributed by atoms with Crippen LogP contribution < -0.4 is 9.62 Å². The van der Waals surface area contributed by atoms with Crippen LogP contribution in [-0.4, -0.2) is 57.8 Å². The molecule has 0 bridgehead atoms. The van der Waals surface area contributed by atoms with E-state index >= 15 is 0 Å². The van der Waals surface area contributed by atoms with E-state index in [0.717, 1.165) is 55.8 Å². The molecule has 1 atom stereocenters. The summed E-state index contributed by atoms with van der Waals surface area (Å²) in [5.41, 5.74) is 4.59. The number of nitrogens with zero attached hydrogens (tertiary/aromatic N) is 2. The van der Waals surface area contributed by atoms with Crippen molar-refractivity contribution < 1.29 is 17.9 Å². The van der Waals surface area contributed by atoms with E-state index in [1.165, 1.54) is 9.87 Å². The summed E-state index contributed by atoms with van der Waals surface area (Å²) in [6.07, 6.45) is 1.51. The number of hydrogen-bond acceptors (Lipinski definition) is 5. The fourth-order valence-electron chi connectivity index (χ4n) is 4.30. The summed E-state index contributed by atoms with van der Waals surface area (Å²) in [5.74, 6) is -0.305. The Morgan fingerprint density at radius 1 is 1.09 bits per heavy atom. The molecule has 0 aromatic heterocycles. The smallest absolute Gasteiger partial charge is 0.244 e. The SMILES string of the molecule is CCC(C(=O)NCc1cccc(CN2CCOCC2)c1)N(c1cc(C)cc(C)c1)S(C)(=O)=O. The lowest BCUT2D eigenvalue weighted by Gasteiger charge is -2.30. The Bertz CT molecular complexity index is 1040. The number of rotatable bonds is 9. The zero-order chi connectivity index (χ0) is 24.0. The summed E-state index contributed by atoms with van der Waals surface area (Å²) in [7, 11) is -3.66. The predicted octanol–water partition coefficient (Wildman–Crippen LogP) is 3.00. The first kappa shape index (κ1) is 25.2. The average Bonchev–Trinajstić information content (AvgIpc) is 2.75. The lowest BCUT2D eigenvalue weighted by molar-refractivity contribution is -0.122. The Balaban J connectivity index is 1.72. The second kappa shape index (κ2) is 11.1. The quantitative estimate of drug-likeness (QED) is 0.606. The first-order chi connectivity index (χ1) is 15.7. The lowest BCUT2D eigenvalue weighted by Crippen LogP contribution is -2.49. The zero-order valence-electron chi connectivity index (χ0n) is 20.0. The standard InChI is InChI=1S/C25H35N3O4S/c1-5-24(28(33(4,30)31)23-14-19(2)13-20(3)15-23)25(29)26-17-21-7-6-8-22(16-21)18-27-9-11-32-12-10-27/h6-8,13-16,24H,5,9-12,17-18H2,1-4H3,(H,26,29). The van der Waals surface area contributed by atoms with Gasteiger partial charge in [0.25, 0.3) is 0 Å². The average molecular weight is 474 g/mol. The van der Waals surface area contributed by atoms with Crippen molar-refractivity contribution >= 4 is 21.6 Å². The fourth-order valence-corrected chi connectivity index (χ4v) is 5.50. The van der Waals surface area contributed by atoms with Crippen molar-refractivity contribution in [3.63, 3.8) is 0 Å². The molecule has 1 heterocycles. The maximum Gasteiger partial charge on any atom is 0.244 e. The molecule has 1 amide bonds.